The van der Waals surface area contributed by atoms with Crippen molar-refractivity contribution in [2.75, 3.05) is 6.61 Å². The Morgan fingerprint density at radius 1 is 1.16 bits per heavy atom. The number of rotatable bonds is 15. The van der Waals surface area contributed by atoms with Gasteiger partial charge < -0.3 is 24.8 Å². The van der Waals surface area contributed by atoms with Crippen LogP contribution in [0.25, 0.3) is 0 Å². The number of halogens is 1. The lowest BCUT2D eigenvalue weighted by molar-refractivity contribution is -0.192. The molecule has 3 N–H and O–H groups in total. The fourth-order valence-corrected chi connectivity index (χ4v) is 5.32. The van der Waals surface area contributed by atoms with Crippen LogP contribution < -0.4 is 0 Å². The molecule has 0 aromatic rings. The van der Waals surface area contributed by atoms with Crippen LogP contribution in [0.15, 0.2) is 12.2 Å². The van der Waals surface area contributed by atoms with Gasteiger partial charge in [-0.1, -0.05) is 31.4 Å². The molecule has 1 saturated heterocycles. The van der Waals surface area contributed by atoms with Gasteiger partial charge in [-0.25, -0.2) is 0 Å². The highest BCUT2D eigenvalue weighted by Gasteiger charge is 2.42. The molecule has 2 aliphatic rings. The van der Waals surface area contributed by atoms with E-state index in [1.165, 1.54) is 0 Å². The van der Waals surface area contributed by atoms with Gasteiger partial charge in [-0.15, -0.1) is 11.6 Å². The van der Waals surface area contributed by atoms with E-state index in [4.69, 9.17) is 26.2 Å². The molecule has 32 heavy (non-hydrogen) atoms. The third-order valence-electron chi connectivity index (χ3n) is 6.67. The van der Waals surface area contributed by atoms with E-state index < -0.39 is 12.1 Å². The summed E-state index contributed by atoms with van der Waals surface area (Å²) in [7, 11) is 0. The molecule has 7 atom stereocenters. The molecule has 0 aromatic carbocycles. The molecule has 0 aromatic heterocycles. The topological polar surface area (TPSA) is 96.2 Å². The first kappa shape index (κ1) is 27.6. The largest absolute Gasteiger partial charge is 0.481 e. The SMILES string of the molecule is C[C@@H](O)CCC[C@H](O)C=C[C@@H]1[C@@H](CCCCCCC(=O)O)[C@H](Cl)C[C@H]1OC1CCCCO1. The first-order valence-corrected chi connectivity index (χ1v) is 13.0. The summed E-state index contributed by atoms with van der Waals surface area (Å²) in [6, 6.07) is 0. The molecule has 1 unspecified atom stereocenters. The lowest BCUT2D eigenvalue weighted by Crippen LogP contribution is -2.30. The van der Waals surface area contributed by atoms with Crippen LogP contribution in [0, 0.1) is 11.8 Å². The van der Waals surface area contributed by atoms with Crippen molar-refractivity contribution in [3.8, 4) is 0 Å². The molecule has 2 rings (SSSR count). The summed E-state index contributed by atoms with van der Waals surface area (Å²) in [4.78, 5) is 10.7. The van der Waals surface area contributed by atoms with E-state index in [0.717, 1.165) is 70.8 Å². The molecular weight excluding hydrogens is 432 g/mol. The molecule has 0 spiro atoms. The number of alkyl halides is 1. The Morgan fingerprint density at radius 2 is 1.94 bits per heavy atom. The molecule has 1 aliphatic carbocycles. The number of hydrogen-bond donors (Lipinski definition) is 3. The van der Waals surface area contributed by atoms with Crippen molar-refractivity contribution in [2.24, 2.45) is 11.8 Å². The number of aliphatic carboxylic acids is 1. The lowest BCUT2D eigenvalue weighted by atomic mass is 9.88. The summed E-state index contributed by atoms with van der Waals surface area (Å²) in [5.74, 6) is -0.331. The maximum Gasteiger partial charge on any atom is 0.303 e. The molecule has 1 saturated carbocycles. The Morgan fingerprint density at radius 3 is 2.62 bits per heavy atom. The van der Waals surface area contributed by atoms with Crippen LogP contribution in [0.5, 0.6) is 0 Å². The molecule has 186 valence electrons. The van der Waals surface area contributed by atoms with Gasteiger partial charge in [0.25, 0.3) is 0 Å². The van der Waals surface area contributed by atoms with Crippen molar-refractivity contribution in [3.05, 3.63) is 12.2 Å². The Hall–Kier alpha value is -0.660. The van der Waals surface area contributed by atoms with Crippen molar-refractivity contribution in [1.29, 1.82) is 0 Å². The zero-order chi connectivity index (χ0) is 23.3. The molecule has 2 fully saturated rings. The summed E-state index contributed by atoms with van der Waals surface area (Å²) in [5.41, 5.74) is 0. The predicted molar refractivity (Wildman–Crippen MR) is 126 cm³/mol. The van der Waals surface area contributed by atoms with Crippen molar-refractivity contribution >= 4 is 17.6 Å². The number of aliphatic hydroxyl groups excluding tert-OH is 2. The van der Waals surface area contributed by atoms with E-state index in [0.29, 0.717) is 12.8 Å². The highest BCUT2D eigenvalue weighted by Crippen LogP contribution is 2.42. The quantitative estimate of drug-likeness (QED) is 0.175. The second kappa shape index (κ2) is 15.3. The van der Waals surface area contributed by atoms with E-state index >= 15 is 0 Å². The van der Waals surface area contributed by atoms with E-state index in [-0.39, 0.29) is 42.1 Å². The average Bonchev–Trinajstić information content (AvgIpc) is 3.03. The van der Waals surface area contributed by atoms with Gasteiger partial charge >= 0.3 is 5.97 Å². The zero-order valence-electron chi connectivity index (χ0n) is 19.5. The van der Waals surface area contributed by atoms with Crippen LogP contribution in [0.2, 0.25) is 0 Å². The Labute approximate surface area is 198 Å². The number of carboxylic acid groups (broad SMARTS) is 1. The average molecular weight is 475 g/mol. The highest BCUT2D eigenvalue weighted by molar-refractivity contribution is 6.21. The molecule has 0 amide bonds. The number of carbonyl (C=O) groups is 1. The minimum Gasteiger partial charge on any atom is -0.481 e. The molecule has 1 aliphatic heterocycles. The Bertz CT molecular complexity index is 549. The number of ether oxygens (including phenoxy) is 2. The minimum absolute atomic E-state index is 0.0153. The summed E-state index contributed by atoms with van der Waals surface area (Å²) < 4.78 is 12.1. The predicted octanol–water partition coefficient (Wildman–Crippen LogP) is 5.04. The minimum atomic E-state index is -0.733. The third kappa shape index (κ3) is 10.5. The first-order valence-electron chi connectivity index (χ1n) is 12.5. The number of carboxylic acids is 1. The standard InChI is InChI=1S/C25H43ClO6/c1-18(27)9-8-10-19(28)14-15-21-20(11-4-2-3-5-12-24(29)30)22(26)17-23(21)32-25-13-6-7-16-31-25/h14-15,18-23,25,27-28H,2-13,16-17H2,1H3,(H,29,30)/t18-,19+,20-,21-,22-,23-,25?/m1/s1. The molecule has 7 heteroatoms. The normalized spacial score (nSPS) is 30.6. The van der Waals surface area contributed by atoms with Crippen molar-refractivity contribution in [1.82, 2.24) is 0 Å². The van der Waals surface area contributed by atoms with Gasteiger partial charge in [0.05, 0.1) is 18.3 Å². The third-order valence-corrected chi connectivity index (χ3v) is 7.17. The van der Waals surface area contributed by atoms with Crippen LogP contribution in [0.4, 0.5) is 0 Å². The van der Waals surface area contributed by atoms with Gasteiger partial charge in [-0.05, 0) is 70.6 Å². The summed E-state index contributed by atoms with van der Waals surface area (Å²) in [5, 5.41) is 28.6. The van der Waals surface area contributed by atoms with E-state index in [9.17, 15) is 15.0 Å². The maximum atomic E-state index is 10.7. The zero-order valence-corrected chi connectivity index (χ0v) is 20.3. The summed E-state index contributed by atoms with van der Waals surface area (Å²) in [6.07, 6.45) is 13.8. The molecule has 6 nitrogen and oxygen atoms in total. The van der Waals surface area contributed by atoms with Gasteiger partial charge in [-0.2, -0.15) is 0 Å². The molecular formula is C25H43ClO6. The van der Waals surface area contributed by atoms with Gasteiger partial charge in [0, 0.05) is 24.3 Å². The summed E-state index contributed by atoms with van der Waals surface area (Å²) >= 11 is 6.78. The smallest absolute Gasteiger partial charge is 0.303 e. The summed E-state index contributed by atoms with van der Waals surface area (Å²) in [6.45, 7) is 2.51. The van der Waals surface area contributed by atoms with Crippen LogP contribution in [-0.4, -0.2) is 57.9 Å². The second-order valence-corrected chi connectivity index (χ2v) is 10.1. The van der Waals surface area contributed by atoms with Crippen LogP contribution >= 0.6 is 11.6 Å². The molecule has 0 radical (unpaired) electrons. The maximum absolute atomic E-state index is 10.7. The number of unbranched alkanes of at least 4 members (excludes halogenated alkanes) is 3. The monoisotopic (exact) mass is 474 g/mol. The van der Waals surface area contributed by atoms with Crippen LogP contribution in [0.1, 0.15) is 90.4 Å². The lowest BCUT2D eigenvalue weighted by Gasteiger charge is -2.29. The van der Waals surface area contributed by atoms with Crippen molar-refractivity contribution in [2.45, 2.75) is 120 Å². The fraction of sp³-hybridized carbons (Fsp3) is 0.880. The first-order chi connectivity index (χ1) is 15.4. The van der Waals surface area contributed by atoms with E-state index in [1.54, 1.807) is 6.92 Å². The van der Waals surface area contributed by atoms with Gasteiger partial charge in [0.1, 0.15) is 0 Å². The van der Waals surface area contributed by atoms with Gasteiger partial charge in [-0.3, -0.25) is 4.79 Å². The van der Waals surface area contributed by atoms with Crippen LogP contribution in [0.3, 0.4) is 0 Å². The van der Waals surface area contributed by atoms with Crippen molar-refractivity contribution < 1.29 is 29.6 Å². The van der Waals surface area contributed by atoms with Gasteiger partial charge in [0.15, 0.2) is 6.29 Å². The number of aliphatic hydroxyl groups is 2. The van der Waals surface area contributed by atoms with E-state index in [1.807, 2.05) is 6.08 Å². The van der Waals surface area contributed by atoms with Crippen LogP contribution in [-0.2, 0) is 14.3 Å². The molecule has 0 bridgehead atoms. The fourth-order valence-electron chi connectivity index (χ4n) is 4.86. The second-order valence-electron chi connectivity index (χ2n) is 9.54. The van der Waals surface area contributed by atoms with Crippen molar-refractivity contribution in [3.63, 3.8) is 0 Å². The molecule has 1 heterocycles. The number of hydrogen-bond acceptors (Lipinski definition) is 5. The Balaban J connectivity index is 1.91. The van der Waals surface area contributed by atoms with E-state index in [2.05, 4.69) is 6.08 Å². The van der Waals surface area contributed by atoms with Gasteiger partial charge in [0.2, 0.25) is 0 Å². The highest BCUT2D eigenvalue weighted by atomic mass is 35.5. The Kier molecular flexibility index (Phi) is 13.2.